The third-order valence-corrected chi connectivity index (χ3v) is 3.67. The lowest BCUT2D eigenvalue weighted by molar-refractivity contribution is -0.143. The molecule has 0 unspecified atom stereocenters. The van der Waals surface area contributed by atoms with Crippen LogP contribution in [-0.2, 0) is 22.7 Å². The summed E-state index contributed by atoms with van der Waals surface area (Å²) < 4.78 is 16.0. The molecule has 2 aromatic carbocycles. The maximum Gasteiger partial charge on any atom is 0.328 e. The van der Waals surface area contributed by atoms with Gasteiger partial charge in [0.25, 0.3) is 0 Å². The highest BCUT2D eigenvalue weighted by atomic mass is 16.5. The van der Waals surface area contributed by atoms with Crippen LogP contribution in [-0.4, -0.2) is 25.9 Å². The number of hydrogen-bond acceptors (Lipinski definition) is 6. The van der Waals surface area contributed by atoms with Crippen molar-refractivity contribution in [2.45, 2.75) is 20.1 Å². The minimum absolute atomic E-state index is 0.229. The Morgan fingerprint density at radius 3 is 2.63 bits per heavy atom. The predicted molar refractivity (Wildman–Crippen MR) is 102 cm³/mol. The fourth-order valence-corrected chi connectivity index (χ4v) is 2.31. The zero-order valence-electron chi connectivity index (χ0n) is 15.4. The molecule has 140 valence electrons. The molecule has 6 heteroatoms. The molecule has 6 nitrogen and oxygen atoms in total. The number of benzene rings is 2. The summed E-state index contributed by atoms with van der Waals surface area (Å²) >= 11 is 0. The van der Waals surface area contributed by atoms with E-state index < -0.39 is 11.9 Å². The van der Waals surface area contributed by atoms with Crippen molar-refractivity contribution in [2.75, 3.05) is 13.7 Å². The summed E-state index contributed by atoms with van der Waals surface area (Å²) in [5.74, 6) is -0.359. The van der Waals surface area contributed by atoms with Crippen molar-refractivity contribution < 1.29 is 19.0 Å². The van der Waals surface area contributed by atoms with Crippen LogP contribution < -0.4 is 9.47 Å². The Kier molecular flexibility index (Phi) is 7.86. The SMILES string of the molecule is CCOC(=O)[C@H](C#N)C=NCc1ccc(OCc2ccccc2)c(OC)c1. The number of methoxy groups -OCH3 is 1. The average molecular weight is 366 g/mol. The molecule has 0 N–H and O–H groups in total. The number of nitrogens with zero attached hydrogens (tertiary/aromatic N) is 2. The van der Waals surface area contributed by atoms with E-state index in [1.807, 2.05) is 54.6 Å². The van der Waals surface area contributed by atoms with Gasteiger partial charge in [-0.25, -0.2) is 0 Å². The van der Waals surface area contributed by atoms with Crippen LogP contribution >= 0.6 is 0 Å². The van der Waals surface area contributed by atoms with Crippen molar-refractivity contribution in [3.05, 3.63) is 59.7 Å². The first-order chi connectivity index (χ1) is 13.2. The van der Waals surface area contributed by atoms with Gasteiger partial charge < -0.3 is 14.2 Å². The summed E-state index contributed by atoms with van der Waals surface area (Å²) in [5, 5.41) is 9.01. The highest BCUT2D eigenvalue weighted by Crippen LogP contribution is 2.29. The van der Waals surface area contributed by atoms with Gasteiger partial charge in [-0.2, -0.15) is 5.26 Å². The second-order valence-electron chi connectivity index (χ2n) is 5.61. The van der Waals surface area contributed by atoms with E-state index in [1.165, 1.54) is 6.21 Å². The van der Waals surface area contributed by atoms with E-state index in [0.29, 0.717) is 24.7 Å². The second-order valence-corrected chi connectivity index (χ2v) is 5.61. The molecule has 0 saturated carbocycles. The molecule has 0 amide bonds. The monoisotopic (exact) mass is 366 g/mol. The second kappa shape index (κ2) is 10.6. The molecule has 0 heterocycles. The standard InChI is InChI=1S/C21H22N2O4/c1-3-26-21(24)18(12-22)14-23-13-17-9-10-19(20(11-17)25-2)27-15-16-7-5-4-6-8-16/h4-11,14,18H,3,13,15H2,1-2H3/t18-/m1/s1. The van der Waals surface area contributed by atoms with Gasteiger partial charge in [0.05, 0.1) is 26.3 Å². The summed E-state index contributed by atoms with van der Waals surface area (Å²) in [4.78, 5) is 15.7. The van der Waals surface area contributed by atoms with Gasteiger partial charge in [0.15, 0.2) is 17.4 Å². The zero-order chi connectivity index (χ0) is 19.5. The van der Waals surface area contributed by atoms with E-state index in [2.05, 4.69) is 4.99 Å². The molecule has 0 aliphatic rings. The Balaban J connectivity index is 1.99. The molecule has 2 rings (SSSR count). The summed E-state index contributed by atoms with van der Waals surface area (Å²) in [7, 11) is 1.57. The van der Waals surface area contributed by atoms with Crippen LogP contribution in [0.4, 0.5) is 0 Å². The number of rotatable bonds is 9. The van der Waals surface area contributed by atoms with Crippen LogP contribution in [0.2, 0.25) is 0 Å². The number of hydrogen-bond donors (Lipinski definition) is 0. The Bertz CT molecular complexity index is 813. The van der Waals surface area contributed by atoms with Crippen LogP contribution in [0.15, 0.2) is 53.5 Å². The lowest BCUT2D eigenvalue weighted by Crippen LogP contribution is -2.17. The minimum atomic E-state index is -1.000. The van der Waals surface area contributed by atoms with Gasteiger partial charge in [-0.3, -0.25) is 9.79 Å². The van der Waals surface area contributed by atoms with Crippen LogP contribution in [0.1, 0.15) is 18.1 Å². The first kappa shape index (κ1) is 20.0. The van der Waals surface area contributed by atoms with Crippen LogP contribution in [0.3, 0.4) is 0 Å². The highest BCUT2D eigenvalue weighted by molar-refractivity contribution is 5.92. The Morgan fingerprint density at radius 1 is 1.19 bits per heavy atom. The fraction of sp³-hybridized carbons (Fsp3) is 0.286. The van der Waals surface area contributed by atoms with Crippen molar-refractivity contribution in [2.24, 2.45) is 10.9 Å². The van der Waals surface area contributed by atoms with Crippen molar-refractivity contribution >= 4 is 12.2 Å². The van der Waals surface area contributed by atoms with Crippen LogP contribution in [0.25, 0.3) is 0 Å². The van der Waals surface area contributed by atoms with Crippen molar-refractivity contribution in [1.82, 2.24) is 0 Å². The van der Waals surface area contributed by atoms with Gasteiger partial charge in [0, 0.05) is 6.21 Å². The molecule has 0 saturated heterocycles. The smallest absolute Gasteiger partial charge is 0.328 e. The summed E-state index contributed by atoms with van der Waals surface area (Å²) in [6.07, 6.45) is 1.31. The number of nitriles is 1. The minimum Gasteiger partial charge on any atom is -0.493 e. The molecule has 2 aromatic rings. The first-order valence-electron chi connectivity index (χ1n) is 8.57. The van der Waals surface area contributed by atoms with Gasteiger partial charge in [0.2, 0.25) is 0 Å². The Hall–Kier alpha value is -3.33. The summed E-state index contributed by atoms with van der Waals surface area (Å²) in [6.45, 7) is 2.68. The van der Waals surface area contributed by atoms with Crippen molar-refractivity contribution in [1.29, 1.82) is 5.26 Å². The van der Waals surface area contributed by atoms with Crippen LogP contribution in [0, 0.1) is 17.2 Å². The van der Waals surface area contributed by atoms with Gasteiger partial charge in [0.1, 0.15) is 6.61 Å². The first-order valence-corrected chi connectivity index (χ1v) is 8.57. The van der Waals surface area contributed by atoms with E-state index in [9.17, 15) is 4.79 Å². The number of esters is 1. The molecule has 0 aliphatic heterocycles. The third kappa shape index (κ3) is 6.15. The number of carbonyl (C=O) groups is 1. The third-order valence-electron chi connectivity index (χ3n) is 3.67. The number of ether oxygens (including phenoxy) is 3. The molecular formula is C21H22N2O4. The van der Waals surface area contributed by atoms with Gasteiger partial charge in [-0.15, -0.1) is 0 Å². The van der Waals surface area contributed by atoms with Crippen LogP contribution in [0.5, 0.6) is 11.5 Å². The Morgan fingerprint density at radius 2 is 1.96 bits per heavy atom. The molecule has 0 aromatic heterocycles. The molecule has 0 bridgehead atoms. The normalized spacial score (nSPS) is 11.6. The summed E-state index contributed by atoms with van der Waals surface area (Å²) in [5.41, 5.74) is 1.94. The van der Waals surface area contributed by atoms with E-state index in [1.54, 1.807) is 14.0 Å². The van der Waals surface area contributed by atoms with Crippen molar-refractivity contribution in [3.8, 4) is 17.6 Å². The topological polar surface area (TPSA) is 80.9 Å². The van der Waals surface area contributed by atoms with E-state index in [-0.39, 0.29) is 6.61 Å². The Labute approximate surface area is 159 Å². The molecule has 0 radical (unpaired) electrons. The maximum absolute atomic E-state index is 11.6. The van der Waals surface area contributed by atoms with E-state index in [0.717, 1.165) is 11.1 Å². The zero-order valence-corrected chi connectivity index (χ0v) is 15.4. The molecule has 0 spiro atoms. The molecule has 1 atom stereocenters. The molecular weight excluding hydrogens is 344 g/mol. The van der Waals surface area contributed by atoms with Gasteiger partial charge >= 0.3 is 5.97 Å². The summed E-state index contributed by atoms with van der Waals surface area (Å²) in [6, 6.07) is 17.2. The molecule has 27 heavy (non-hydrogen) atoms. The maximum atomic E-state index is 11.6. The average Bonchev–Trinajstić information content (AvgIpc) is 2.71. The van der Waals surface area contributed by atoms with Crippen molar-refractivity contribution in [3.63, 3.8) is 0 Å². The largest absolute Gasteiger partial charge is 0.493 e. The highest BCUT2D eigenvalue weighted by Gasteiger charge is 2.16. The number of carbonyl (C=O) groups excluding carboxylic acids is 1. The molecule has 0 aliphatic carbocycles. The molecule has 0 fully saturated rings. The van der Waals surface area contributed by atoms with E-state index >= 15 is 0 Å². The lowest BCUT2D eigenvalue weighted by atomic mass is 10.2. The fourth-order valence-electron chi connectivity index (χ4n) is 2.31. The van der Waals surface area contributed by atoms with Gasteiger partial charge in [-0.1, -0.05) is 36.4 Å². The quantitative estimate of drug-likeness (QED) is 0.501. The predicted octanol–water partition coefficient (Wildman–Crippen LogP) is 3.55. The van der Waals surface area contributed by atoms with Gasteiger partial charge in [-0.05, 0) is 30.2 Å². The lowest BCUT2D eigenvalue weighted by Gasteiger charge is -2.12. The number of aliphatic imine (C=N–C) groups is 1. The van der Waals surface area contributed by atoms with E-state index in [4.69, 9.17) is 19.5 Å².